The molecule has 4 rings (SSSR count). The standard InChI is InChI=1S/C27H36FN3O2/c1-4-5-17-33-24-12-9-20(10-13-24)27(32)31(21-7-6-8-21)22-11-14-26(25(28)18-22)30-16-15-23(19-30)29(2)3/h9-14,18,21,23H,4-8,15-17,19H2,1-3H3. The molecule has 1 saturated carbocycles. The molecule has 0 spiro atoms. The Kier molecular flexibility index (Phi) is 7.53. The summed E-state index contributed by atoms with van der Waals surface area (Å²) in [6.07, 6.45) is 6.10. The van der Waals surface area contributed by atoms with Gasteiger partial charge in [-0.05, 0) is 88.7 Å². The van der Waals surface area contributed by atoms with Crippen molar-refractivity contribution in [3.05, 3.63) is 53.8 Å². The molecule has 6 heteroatoms. The monoisotopic (exact) mass is 453 g/mol. The Labute approximate surface area is 197 Å². The number of likely N-dealkylation sites (N-methyl/N-ethyl adjacent to an activating group) is 1. The molecule has 2 fully saturated rings. The van der Waals surface area contributed by atoms with Gasteiger partial charge in [-0.25, -0.2) is 4.39 Å². The van der Waals surface area contributed by atoms with Crippen LogP contribution in [-0.2, 0) is 0 Å². The van der Waals surface area contributed by atoms with Crippen LogP contribution in [0.25, 0.3) is 0 Å². The third kappa shape index (κ3) is 5.32. The number of halogens is 1. The third-order valence-electron chi connectivity index (χ3n) is 6.97. The van der Waals surface area contributed by atoms with Crippen molar-refractivity contribution < 1.29 is 13.9 Å². The summed E-state index contributed by atoms with van der Waals surface area (Å²) in [4.78, 5) is 19.6. The molecule has 1 aliphatic carbocycles. The number of carbonyl (C=O) groups is 1. The van der Waals surface area contributed by atoms with Crippen LogP contribution in [0.5, 0.6) is 5.75 Å². The predicted octanol–water partition coefficient (Wildman–Crippen LogP) is 5.34. The number of ether oxygens (including phenoxy) is 1. The molecule has 2 aromatic carbocycles. The molecule has 33 heavy (non-hydrogen) atoms. The average Bonchev–Trinajstić information content (AvgIpc) is 3.27. The maximum Gasteiger partial charge on any atom is 0.258 e. The second-order valence-corrected chi connectivity index (χ2v) is 9.47. The Balaban J connectivity index is 1.52. The van der Waals surface area contributed by atoms with Gasteiger partial charge >= 0.3 is 0 Å². The Morgan fingerprint density at radius 2 is 1.85 bits per heavy atom. The van der Waals surface area contributed by atoms with Crippen molar-refractivity contribution in [2.75, 3.05) is 43.6 Å². The fraction of sp³-hybridized carbons (Fsp3) is 0.519. The molecule has 1 saturated heterocycles. The Bertz CT molecular complexity index is 943. The Morgan fingerprint density at radius 1 is 1.09 bits per heavy atom. The summed E-state index contributed by atoms with van der Waals surface area (Å²) < 4.78 is 21.0. The van der Waals surface area contributed by atoms with Crippen LogP contribution in [0.3, 0.4) is 0 Å². The molecule has 178 valence electrons. The maximum absolute atomic E-state index is 15.2. The van der Waals surface area contributed by atoms with E-state index in [2.05, 4.69) is 30.8 Å². The highest BCUT2D eigenvalue weighted by atomic mass is 19.1. The highest BCUT2D eigenvalue weighted by molar-refractivity contribution is 6.06. The summed E-state index contributed by atoms with van der Waals surface area (Å²) in [5, 5.41) is 0. The van der Waals surface area contributed by atoms with Crippen molar-refractivity contribution in [3.63, 3.8) is 0 Å². The zero-order valence-corrected chi connectivity index (χ0v) is 20.1. The van der Waals surface area contributed by atoms with Crippen LogP contribution in [0.1, 0.15) is 55.8 Å². The van der Waals surface area contributed by atoms with Gasteiger partial charge in [-0.15, -0.1) is 0 Å². The van der Waals surface area contributed by atoms with E-state index in [0.29, 0.717) is 29.6 Å². The summed E-state index contributed by atoms with van der Waals surface area (Å²) in [5.74, 6) is 0.428. The minimum Gasteiger partial charge on any atom is -0.494 e. The number of hydrogen-bond donors (Lipinski definition) is 0. The van der Waals surface area contributed by atoms with E-state index in [-0.39, 0.29) is 17.8 Å². The van der Waals surface area contributed by atoms with Gasteiger partial charge < -0.3 is 19.4 Å². The van der Waals surface area contributed by atoms with Gasteiger partial charge in [0, 0.05) is 36.4 Å². The van der Waals surface area contributed by atoms with E-state index in [9.17, 15) is 4.79 Å². The van der Waals surface area contributed by atoms with Crippen LogP contribution in [0.4, 0.5) is 15.8 Å². The first-order chi connectivity index (χ1) is 16.0. The van der Waals surface area contributed by atoms with Gasteiger partial charge in [-0.2, -0.15) is 0 Å². The van der Waals surface area contributed by atoms with Crippen molar-refractivity contribution in [1.29, 1.82) is 0 Å². The van der Waals surface area contributed by atoms with E-state index in [0.717, 1.165) is 57.4 Å². The van der Waals surface area contributed by atoms with Crippen LogP contribution >= 0.6 is 0 Å². The van der Waals surface area contributed by atoms with Gasteiger partial charge in [-0.3, -0.25) is 4.79 Å². The smallest absolute Gasteiger partial charge is 0.258 e. The van der Waals surface area contributed by atoms with Gasteiger partial charge in [0.05, 0.1) is 12.3 Å². The molecule has 5 nitrogen and oxygen atoms in total. The first kappa shape index (κ1) is 23.6. The van der Waals surface area contributed by atoms with Crippen molar-refractivity contribution >= 4 is 17.3 Å². The number of carbonyl (C=O) groups excluding carboxylic acids is 1. The summed E-state index contributed by atoms with van der Waals surface area (Å²) in [5.41, 5.74) is 1.86. The number of amides is 1. The summed E-state index contributed by atoms with van der Waals surface area (Å²) >= 11 is 0. The number of anilines is 2. The van der Waals surface area contributed by atoms with Gasteiger partial charge in [0.25, 0.3) is 5.91 Å². The molecular formula is C27H36FN3O2. The summed E-state index contributed by atoms with van der Waals surface area (Å²) in [6, 6.07) is 13.2. The van der Waals surface area contributed by atoms with Gasteiger partial charge in [0.1, 0.15) is 11.6 Å². The molecule has 0 N–H and O–H groups in total. The molecule has 1 unspecified atom stereocenters. The Hall–Kier alpha value is -2.60. The van der Waals surface area contributed by atoms with Crippen LogP contribution < -0.4 is 14.5 Å². The molecule has 1 atom stereocenters. The normalized spacial score (nSPS) is 18.5. The fourth-order valence-corrected chi connectivity index (χ4v) is 4.59. The van der Waals surface area contributed by atoms with Crippen LogP contribution in [0.15, 0.2) is 42.5 Å². The molecule has 1 aliphatic heterocycles. The highest BCUT2D eigenvalue weighted by Gasteiger charge is 2.32. The van der Waals surface area contributed by atoms with Crippen molar-refractivity contribution in [2.45, 2.75) is 57.5 Å². The zero-order valence-electron chi connectivity index (χ0n) is 20.1. The fourth-order valence-electron chi connectivity index (χ4n) is 4.59. The lowest BCUT2D eigenvalue weighted by Gasteiger charge is -2.38. The number of unbranched alkanes of at least 4 members (excludes halogenated alkanes) is 1. The molecular weight excluding hydrogens is 417 g/mol. The van der Waals surface area contributed by atoms with E-state index in [1.54, 1.807) is 4.90 Å². The summed E-state index contributed by atoms with van der Waals surface area (Å²) in [7, 11) is 4.14. The molecule has 2 aliphatic rings. The van der Waals surface area contributed by atoms with Crippen molar-refractivity contribution in [3.8, 4) is 5.75 Å². The quantitative estimate of drug-likeness (QED) is 0.480. The first-order valence-corrected chi connectivity index (χ1v) is 12.2. The van der Waals surface area contributed by atoms with Crippen molar-refractivity contribution in [2.24, 2.45) is 0 Å². The van der Waals surface area contributed by atoms with Crippen molar-refractivity contribution in [1.82, 2.24) is 4.90 Å². The SMILES string of the molecule is CCCCOc1ccc(C(=O)N(c2ccc(N3CCC(N(C)C)C3)c(F)c2)C2CCC2)cc1. The number of hydrogen-bond acceptors (Lipinski definition) is 4. The number of nitrogens with zero attached hydrogens (tertiary/aromatic N) is 3. The molecule has 2 aromatic rings. The van der Waals surface area contributed by atoms with Crippen LogP contribution in [0, 0.1) is 5.82 Å². The van der Waals surface area contributed by atoms with E-state index in [4.69, 9.17) is 4.74 Å². The lowest BCUT2D eigenvalue weighted by Crippen LogP contribution is -2.44. The molecule has 1 heterocycles. The molecule has 0 aromatic heterocycles. The lowest BCUT2D eigenvalue weighted by molar-refractivity contribution is 0.0964. The first-order valence-electron chi connectivity index (χ1n) is 12.2. The number of benzene rings is 2. The average molecular weight is 454 g/mol. The van der Waals surface area contributed by atoms with Gasteiger partial charge in [-0.1, -0.05) is 13.3 Å². The predicted molar refractivity (Wildman–Crippen MR) is 132 cm³/mol. The highest BCUT2D eigenvalue weighted by Crippen LogP contribution is 2.34. The van der Waals surface area contributed by atoms with E-state index >= 15 is 4.39 Å². The topological polar surface area (TPSA) is 36.0 Å². The zero-order chi connectivity index (χ0) is 23.4. The van der Waals surface area contributed by atoms with Crippen LogP contribution in [0.2, 0.25) is 0 Å². The number of rotatable bonds is 9. The second-order valence-electron chi connectivity index (χ2n) is 9.47. The van der Waals surface area contributed by atoms with Gasteiger partial charge in [0.2, 0.25) is 0 Å². The minimum atomic E-state index is -0.260. The third-order valence-corrected chi connectivity index (χ3v) is 6.97. The van der Waals surface area contributed by atoms with E-state index in [1.165, 1.54) is 6.07 Å². The Morgan fingerprint density at radius 3 is 2.42 bits per heavy atom. The largest absolute Gasteiger partial charge is 0.494 e. The lowest BCUT2D eigenvalue weighted by atomic mass is 9.90. The molecule has 0 radical (unpaired) electrons. The minimum absolute atomic E-state index is 0.0826. The molecule has 1 amide bonds. The maximum atomic E-state index is 15.2. The summed E-state index contributed by atoms with van der Waals surface area (Å²) in [6.45, 7) is 4.47. The van der Waals surface area contributed by atoms with E-state index in [1.807, 2.05) is 36.4 Å². The van der Waals surface area contributed by atoms with Crippen LogP contribution in [-0.4, -0.2) is 56.7 Å². The molecule has 0 bridgehead atoms. The second kappa shape index (κ2) is 10.6. The van der Waals surface area contributed by atoms with E-state index < -0.39 is 0 Å². The van der Waals surface area contributed by atoms with Gasteiger partial charge in [0.15, 0.2) is 0 Å².